The van der Waals surface area contributed by atoms with Crippen molar-refractivity contribution < 1.29 is 14.4 Å². The number of hydrogen-bond donors (Lipinski definition) is 1. The van der Waals surface area contributed by atoms with Gasteiger partial charge >= 0.3 is 5.97 Å². The third-order valence-corrected chi connectivity index (χ3v) is 2.27. The van der Waals surface area contributed by atoms with Gasteiger partial charge < -0.3 is 9.63 Å². The molecule has 72 valence electrons. The fourth-order valence-electron chi connectivity index (χ4n) is 1.34. The molecule has 0 aliphatic carbocycles. The standard InChI is InChI=1S/C9H6ClNO3/c1-4-7-5(9(12)13)2-3-6(10)8(7)14-11-4/h2-3H,1H3,(H,12,13). The molecule has 2 aromatic rings. The summed E-state index contributed by atoms with van der Waals surface area (Å²) < 4.78 is 4.92. The van der Waals surface area contributed by atoms with E-state index in [0.717, 1.165) is 0 Å². The summed E-state index contributed by atoms with van der Waals surface area (Å²) in [5, 5.41) is 13.4. The number of carbonyl (C=O) groups is 1. The minimum absolute atomic E-state index is 0.156. The number of benzene rings is 1. The summed E-state index contributed by atoms with van der Waals surface area (Å²) in [7, 11) is 0. The number of hydrogen-bond acceptors (Lipinski definition) is 3. The Kier molecular flexibility index (Phi) is 1.93. The van der Waals surface area contributed by atoms with Crippen LogP contribution in [0.2, 0.25) is 5.02 Å². The normalized spacial score (nSPS) is 10.7. The molecule has 0 unspecified atom stereocenters. The van der Waals surface area contributed by atoms with E-state index in [9.17, 15) is 4.79 Å². The van der Waals surface area contributed by atoms with E-state index in [-0.39, 0.29) is 5.56 Å². The third-order valence-electron chi connectivity index (χ3n) is 1.98. The van der Waals surface area contributed by atoms with Crippen LogP contribution in [-0.2, 0) is 0 Å². The highest BCUT2D eigenvalue weighted by Gasteiger charge is 2.16. The fourth-order valence-corrected chi connectivity index (χ4v) is 1.54. The minimum Gasteiger partial charge on any atom is -0.478 e. The highest BCUT2D eigenvalue weighted by molar-refractivity contribution is 6.35. The molecule has 0 saturated heterocycles. The molecule has 0 atom stereocenters. The minimum atomic E-state index is -1.02. The molecule has 0 fully saturated rings. The van der Waals surface area contributed by atoms with Gasteiger partial charge in [0.05, 0.1) is 21.7 Å². The Morgan fingerprint density at radius 3 is 2.93 bits per heavy atom. The van der Waals surface area contributed by atoms with Crippen molar-refractivity contribution in [3.8, 4) is 0 Å². The smallest absolute Gasteiger partial charge is 0.336 e. The lowest BCUT2D eigenvalue weighted by atomic mass is 10.1. The maximum absolute atomic E-state index is 10.9. The number of fused-ring (bicyclic) bond motifs is 1. The van der Waals surface area contributed by atoms with Crippen molar-refractivity contribution in [2.24, 2.45) is 0 Å². The van der Waals surface area contributed by atoms with Crippen LogP contribution in [0.15, 0.2) is 16.7 Å². The maximum atomic E-state index is 10.9. The van der Waals surface area contributed by atoms with Crippen LogP contribution in [0.1, 0.15) is 16.1 Å². The molecule has 1 aromatic carbocycles. The molecule has 1 aromatic heterocycles. The van der Waals surface area contributed by atoms with Gasteiger partial charge in [-0.25, -0.2) is 4.79 Å². The van der Waals surface area contributed by atoms with Crippen LogP contribution >= 0.6 is 11.6 Å². The van der Waals surface area contributed by atoms with Crippen LogP contribution in [-0.4, -0.2) is 16.2 Å². The molecule has 1 N–H and O–H groups in total. The average Bonchev–Trinajstić information content (AvgIpc) is 2.50. The number of carboxylic acid groups (broad SMARTS) is 1. The molecule has 4 nitrogen and oxygen atoms in total. The quantitative estimate of drug-likeness (QED) is 0.787. The van der Waals surface area contributed by atoms with Crippen molar-refractivity contribution in [3.05, 3.63) is 28.4 Å². The summed E-state index contributed by atoms with van der Waals surface area (Å²) in [5.41, 5.74) is 1.01. The molecular formula is C9H6ClNO3. The lowest BCUT2D eigenvalue weighted by Gasteiger charge is -1.97. The van der Waals surface area contributed by atoms with Gasteiger partial charge in [0.2, 0.25) is 0 Å². The van der Waals surface area contributed by atoms with E-state index in [1.807, 2.05) is 0 Å². The first-order valence-corrected chi connectivity index (χ1v) is 4.27. The summed E-state index contributed by atoms with van der Waals surface area (Å²) >= 11 is 5.82. The molecule has 0 saturated carbocycles. The van der Waals surface area contributed by atoms with E-state index in [1.165, 1.54) is 12.1 Å². The van der Waals surface area contributed by atoms with Gasteiger partial charge in [0.1, 0.15) is 0 Å². The number of nitrogens with zero attached hydrogens (tertiary/aromatic N) is 1. The monoisotopic (exact) mass is 211 g/mol. The number of carboxylic acids is 1. The summed E-state index contributed by atoms with van der Waals surface area (Å²) in [6.45, 7) is 1.68. The predicted octanol–water partition coefficient (Wildman–Crippen LogP) is 2.49. The van der Waals surface area contributed by atoms with E-state index in [0.29, 0.717) is 21.7 Å². The largest absolute Gasteiger partial charge is 0.478 e. The number of aromatic nitrogens is 1. The SMILES string of the molecule is Cc1noc2c(Cl)ccc(C(=O)O)c12. The predicted molar refractivity (Wildman–Crippen MR) is 50.7 cm³/mol. The van der Waals surface area contributed by atoms with Crippen molar-refractivity contribution in [1.29, 1.82) is 0 Å². The molecule has 0 bridgehead atoms. The Bertz CT molecular complexity index is 518. The first-order chi connectivity index (χ1) is 6.61. The van der Waals surface area contributed by atoms with E-state index < -0.39 is 5.97 Å². The van der Waals surface area contributed by atoms with Crippen LogP contribution in [0.5, 0.6) is 0 Å². The van der Waals surface area contributed by atoms with Crippen LogP contribution < -0.4 is 0 Å². The molecule has 0 aliphatic heterocycles. The zero-order valence-corrected chi connectivity index (χ0v) is 8.00. The van der Waals surface area contributed by atoms with Gasteiger partial charge in [-0.15, -0.1) is 0 Å². The molecule has 0 amide bonds. The van der Waals surface area contributed by atoms with Gasteiger partial charge in [-0.1, -0.05) is 16.8 Å². The highest BCUT2D eigenvalue weighted by Crippen LogP contribution is 2.28. The third kappa shape index (κ3) is 1.15. The Morgan fingerprint density at radius 2 is 2.29 bits per heavy atom. The highest BCUT2D eigenvalue weighted by atomic mass is 35.5. The van der Waals surface area contributed by atoms with Gasteiger partial charge in [-0.3, -0.25) is 0 Å². The van der Waals surface area contributed by atoms with E-state index in [1.54, 1.807) is 6.92 Å². The Labute approximate surface area is 84.1 Å². The number of rotatable bonds is 1. The summed E-state index contributed by atoms with van der Waals surface area (Å²) in [4.78, 5) is 10.9. The molecule has 0 aliphatic rings. The molecule has 5 heteroatoms. The van der Waals surface area contributed by atoms with Crippen molar-refractivity contribution in [2.75, 3.05) is 0 Å². The molecular weight excluding hydrogens is 206 g/mol. The van der Waals surface area contributed by atoms with Crippen LogP contribution in [0, 0.1) is 6.92 Å². The second-order valence-electron chi connectivity index (χ2n) is 2.87. The zero-order chi connectivity index (χ0) is 10.3. The van der Waals surface area contributed by atoms with Crippen molar-refractivity contribution >= 4 is 28.5 Å². The maximum Gasteiger partial charge on any atom is 0.336 e. The zero-order valence-electron chi connectivity index (χ0n) is 7.24. The second kappa shape index (κ2) is 2.99. The lowest BCUT2D eigenvalue weighted by Crippen LogP contribution is -1.97. The van der Waals surface area contributed by atoms with Gasteiger partial charge in [0.15, 0.2) is 5.58 Å². The molecule has 2 rings (SSSR count). The number of halogens is 1. The van der Waals surface area contributed by atoms with Crippen molar-refractivity contribution in [2.45, 2.75) is 6.92 Å². The molecule has 1 heterocycles. The van der Waals surface area contributed by atoms with E-state index >= 15 is 0 Å². The van der Waals surface area contributed by atoms with E-state index in [4.69, 9.17) is 21.2 Å². The van der Waals surface area contributed by atoms with Crippen LogP contribution in [0.4, 0.5) is 0 Å². The van der Waals surface area contributed by atoms with Gasteiger partial charge in [0.25, 0.3) is 0 Å². The molecule has 0 radical (unpaired) electrons. The number of aromatic carboxylic acids is 1. The van der Waals surface area contributed by atoms with Crippen molar-refractivity contribution in [3.63, 3.8) is 0 Å². The molecule has 14 heavy (non-hydrogen) atoms. The van der Waals surface area contributed by atoms with E-state index in [2.05, 4.69) is 5.16 Å². The average molecular weight is 212 g/mol. The summed E-state index contributed by atoms with van der Waals surface area (Å²) in [6, 6.07) is 2.93. The molecule has 0 spiro atoms. The Balaban J connectivity index is 2.92. The first kappa shape index (κ1) is 9.02. The second-order valence-corrected chi connectivity index (χ2v) is 3.28. The van der Waals surface area contributed by atoms with Crippen LogP contribution in [0.25, 0.3) is 11.0 Å². The van der Waals surface area contributed by atoms with Crippen LogP contribution in [0.3, 0.4) is 0 Å². The lowest BCUT2D eigenvalue weighted by molar-refractivity contribution is 0.0699. The summed E-state index contributed by atoms with van der Waals surface area (Å²) in [5.74, 6) is -1.02. The van der Waals surface area contributed by atoms with Gasteiger partial charge in [0, 0.05) is 0 Å². The van der Waals surface area contributed by atoms with Gasteiger partial charge in [-0.2, -0.15) is 0 Å². The Hall–Kier alpha value is -1.55. The van der Waals surface area contributed by atoms with Gasteiger partial charge in [-0.05, 0) is 19.1 Å². The fraction of sp³-hybridized carbons (Fsp3) is 0.111. The number of aryl methyl sites for hydroxylation is 1. The Morgan fingerprint density at radius 1 is 1.57 bits per heavy atom. The van der Waals surface area contributed by atoms with Crippen molar-refractivity contribution in [1.82, 2.24) is 5.16 Å². The topological polar surface area (TPSA) is 63.3 Å². The summed E-state index contributed by atoms with van der Waals surface area (Å²) in [6.07, 6.45) is 0. The first-order valence-electron chi connectivity index (χ1n) is 3.89.